The van der Waals surface area contributed by atoms with E-state index in [2.05, 4.69) is 0 Å². The summed E-state index contributed by atoms with van der Waals surface area (Å²) >= 11 is 6.86. The predicted octanol–water partition coefficient (Wildman–Crippen LogP) is 4.30. The molecule has 1 atom stereocenters. The van der Waals surface area contributed by atoms with Crippen LogP contribution in [0.15, 0.2) is 53.4 Å². The maximum absolute atomic E-state index is 12.8. The summed E-state index contributed by atoms with van der Waals surface area (Å²) in [5.74, 6) is -1.86. The van der Waals surface area contributed by atoms with Gasteiger partial charge in [0.25, 0.3) is 0 Å². The second-order valence-electron chi connectivity index (χ2n) is 4.53. The molecule has 0 amide bonds. The molecule has 0 spiro atoms. The number of carboxylic acid groups (broad SMARTS) is 1. The lowest BCUT2D eigenvalue weighted by atomic mass is 10.1. The van der Waals surface area contributed by atoms with Gasteiger partial charge in [-0.15, -0.1) is 11.8 Å². The van der Waals surface area contributed by atoms with Gasteiger partial charge in [0.05, 0.1) is 0 Å². The number of Topliss-reactive ketones (excluding diaryl/α,β-unsaturated/α-hetero) is 1. The van der Waals surface area contributed by atoms with Gasteiger partial charge in [-0.25, -0.2) is 4.39 Å². The highest BCUT2D eigenvalue weighted by Gasteiger charge is 2.23. The van der Waals surface area contributed by atoms with Crippen LogP contribution >= 0.6 is 23.4 Å². The van der Waals surface area contributed by atoms with E-state index in [-0.39, 0.29) is 12.2 Å². The van der Waals surface area contributed by atoms with Gasteiger partial charge in [-0.3, -0.25) is 9.59 Å². The third-order valence-electron chi connectivity index (χ3n) is 2.90. The van der Waals surface area contributed by atoms with Crippen molar-refractivity contribution < 1.29 is 19.1 Å². The largest absolute Gasteiger partial charge is 0.480 e. The molecule has 2 aromatic carbocycles. The Kier molecular flexibility index (Phi) is 5.57. The summed E-state index contributed by atoms with van der Waals surface area (Å²) in [5.41, 5.74) is 0.296. The number of carbonyl (C=O) groups excluding carboxylic acids is 1. The van der Waals surface area contributed by atoms with Crippen LogP contribution in [0.5, 0.6) is 0 Å². The molecule has 6 heteroatoms. The van der Waals surface area contributed by atoms with Crippen LogP contribution in [0.3, 0.4) is 0 Å². The van der Waals surface area contributed by atoms with Crippen molar-refractivity contribution in [1.82, 2.24) is 0 Å². The average molecular weight is 339 g/mol. The molecular weight excluding hydrogens is 327 g/mol. The van der Waals surface area contributed by atoms with E-state index in [0.717, 1.165) is 11.8 Å². The number of aliphatic carboxylic acids is 1. The SMILES string of the molecule is O=C(C[C@@H](Sc1ccc(Cl)cc1)C(=O)O)c1ccc(F)cc1. The molecule has 0 radical (unpaired) electrons. The average Bonchev–Trinajstić information content (AvgIpc) is 2.49. The number of hydrogen-bond acceptors (Lipinski definition) is 3. The fourth-order valence-electron chi connectivity index (χ4n) is 1.78. The number of benzene rings is 2. The van der Waals surface area contributed by atoms with Crippen molar-refractivity contribution >= 4 is 35.1 Å². The van der Waals surface area contributed by atoms with E-state index in [1.165, 1.54) is 24.3 Å². The van der Waals surface area contributed by atoms with Crippen molar-refractivity contribution in [2.45, 2.75) is 16.6 Å². The lowest BCUT2D eigenvalue weighted by Crippen LogP contribution is -2.20. The molecule has 0 fully saturated rings. The first-order valence-electron chi connectivity index (χ1n) is 6.39. The lowest BCUT2D eigenvalue weighted by Gasteiger charge is -2.11. The quantitative estimate of drug-likeness (QED) is 0.630. The molecule has 0 bridgehead atoms. The Labute approximate surface area is 136 Å². The molecule has 2 rings (SSSR count). The van der Waals surface area contributed by atoms with Crippen LogP contribution in [0.2, 0.25) is 5.02 Å². The zero-order valence-corrected chi connectivity index (χ0v) is 12.9. The van der Waals surface area contributed by atoms with Crippen molar-refractivity contribution in [3.05, 3.63) is 64.9 Å². The fourth-order valence-corrected chi connectivity index (χ4v) is 2.86. The molecular formula is C16H12ClFO3S. The Morgan fingerprint density at radius 3 is 2.23 bits per heavy atom. The smallest absolute Gasteiger partial charge is 0.317 e. The van der Waals surface area contributed by atoms with Gasteiger partial charge in [0.15, 0.2) is 5.78 Å². The number of carbonyl (C=O) groups is 2. The first-order valence-corrected chi connectivity index (χ1v) is 7.65. The number of ketones is 1. The van der Waals surface area contributed by atoms with Crippen LogP contribution in [0.1, 0.15) is 16.8 Å². The highest BCUT2D eigenvalue weighted by molar-refractivity contribution is 8.00. The Bertz CT molecular complexity index is 671. The van der Waals surface area contributed by atoms with Crippen molar-refractivity contribution in [3.63, 3.8) is 0 Å². The molecule has 3 nitrogen and oxygen atoms in total. The van der Waals surface area contributed by atoms with Crippen molar-refractivity contribution in [2.75, 3.05) is 0 Å². The van der Waals surface area contributed by atoms with Crippen LogP contribution in [-0.2, 0) is 4.79 Å². The molecule has 0 unspecified atom stereocenters. The monoisotopic (exact) mass is 338 g/mol. The first kappa shape index (κ1) is 16.5. The van der Waals surface area contributed by atoms with E-state index >= 15 is 0 Å². The number of rotatable bonds is 6. The van der Waals surface area contributed by atoms with Crippen LogP contribution in [-0.4, -0.2) is 22.1 Å². The summed E-state index contributed by atoms with van der Waals surface area (Å²) in [5, 5.41) is 8.91. The predicted molar refractivity (Wildman–Crippen MR) is 84.1 cm³/mol. The van der Waals surface area contributed by atoms with Gasteiger partial charge in [-0.05, 0) is 48.5 Å². The lowest BCUT2D eigenvalue weighted by molar-refractivity contribution is -0.136. The van der Waals surface area contributed by atoms with E-state index in [1.807, 2.05) is 0 Å². The minimum atomic E-state index is -1.07. The van der Waals surface area contributed by atoms with Crippen LogP contribution in [0, 0.1) is 5.82 Å². The van der Waals surface area contributed by atoms with Gasteiger partial charge in [0.2, 0.25) is 0 Å². The van der Waals surface area contributed by atoms with E-state index < -0.39 is 17.0 Å². The van der Waals surface area contributed by atoms with Gasteiger partial charge in [0, 0.05) is 21.9 Å². The summed E-state index contributed by atoms with van der Waals surface area (Å²) in [6.45, 7) is 0. The minimum Gasteiger partial charge on any atom is -0.480 e. The molecule has 1 N–H and O–H groups in total. The summed E-state index contributed by atoms with van der Waals surface area (Å²) < 4.78 is 12.8. The zero-order chi connectivity index (χ0) is 16.1. The molecule has 2 aromatic rings. The first-order chi connectivity index (χ1) is 10.5. The molecule has 0 aliphatic heterocycles. The molecule has 22 heavy (non-hydrogen) atoms. The van der Waals surface area contributed by atoms with Gasteiger partial charge >= 0.3 is 5.97 Å². The van der Waals surface area contributed by atoms with Crippen molar-refractivity contribution in [1.29, 1.82) is 0 Å². The van der Waals surface area contributed by atoms with Crippen LogP contribution in [0.25, 0.3) is 0 Å². The number of carboxylic acids is 1. The third kappa shape index (κ3) is 4.58. The molecule has 0 heterocycles. The summed E-state index contributed by atoms with van der Waals surface area (Å²) in [6, 6.07) is 11.8. The Hall–Kier alpha value is -1.85. The number of halogens is 2. The topological polar surface area (TPSA) is 54.4 Å². The Morgan fingerprint density at radius 2 is 1.68 bits per heavy atom. The molecule has 114 valence electrons. The highest BCUT2D eigenvalue weighted by atomic mass is 35.5. The van der Waals surface area contributed by atoms with Crippen molar-refractivity contribution in [3.8, 4) is 0 Å². The molecule has 0 saturated heterocycles. The molecule has 0 saturated carbocycles. The highest BCUT2D eigenvalue weighted by Crippen LogP contribution is 2.28. The maximum atomic E-state index is 12.8. The molecule has 0 aliphatic rings. The summed E-state index contributed by atoms with van der Waals surface area (Å²) in [6.07, 6.45) is -0.172. The third-order valence-corrected chi connectivity index (χ3v) is 4.35. The Balaban J connectivity index is 2.08. The fraction of sp³-hybridized carbons (Fsp3) is 0.125. The van der Waals surface area contributed by atoms with E-state index in [9.17, 15) is 19.1 Å². The maximum Gasteiger partial charge on any atom is 0.317 e. The Morgan fingerprint density at radius 1 is 1.09 bits per heavy atom. The van der Waals surface area contributed by atoms with Gasteiger partial charge in [-0.2, -0.15) is 0 Å². The van der Waals surface area contributed by atoms with E-state index in [1.54, 1.807) is 24.3 Å². The van der Waals surface area contributed by atoms with Crippen LogP contribution in [0.4, 0.5) is 4.39 Å². The van der Waals surface area contributed by atoms with E-state index in [0.29, 0.717) is 15.5 Å². The normalized spacial score (nSPS) is 11.9. The summed E-state index contributed by atoms with van der Waals surface area (Å²) in [7, 11) is 0. The molecule has 0 aliphatic carbocycles. The minimum absolute atomic E-state index is 0.172. The second-order valence-corrected chi connectivity index (χ2v) is 6.25. The number of thioether (sulfide) groups is 1. The second kappa shape index (κ2) is 7.42. The van der Waals surface area contributed by atoms with Crippen LogP contribution < -0.4 is 0 Å². The molecule has 0 aromatic heterocycles. The van der Waals surface area contributed by atoms with Gasteiger partial charge in [-0.1, -0.05) is 11.6 Å². The number of hydrogen-bond donors (Lipinski definition) is 1. The standard InChI is InChI=1S/C16H12ClFO3S/c17-11-3-7-13(8-4-11)22-15(16(20)21)9-14(19)10-1-5-12(18)6-2-10/h1-8,15H,9H2,(H,20,21)/t15-/m1/s1. The van der Waals surface area contributed by atoms with E-state index in [4.69, 9.17) is 11.6 Å². The van der Waals surface area contributed by atoms with Gasteiger partial charge in [0.1, 0.15) is 11.1 Å². The summed E-state index contributed by atoms with van der Waals surface area (Å²) in [4.78, 5) is 24.1. The zero-order valence-electron chi connectivity index (χ0n) is 11.3. The van der Waals surface area contributed by atoms with Crippen molar-refractivity contribution in [2.24, 2.45) is 0 Å². The van der Waals surface area contributed by atoms with Gasteiger partial charge < -0.3 is 5.11 Å².